The van der Waals surface area contributed by atoms with Gasteiger partial charge in [0.25, 0.3) is 0 Å². The lowest BCUT2D eigenvalue weighted by Crippen LogP contribution is -2.11. The molecule has 0 amide bonds. The molecule has 0 aromatic carbocycles. The zero-order chi connectivity index (χ0) is 18.0. The topological polar surface area (TPSA) is 89.6 Å². The average molecular weight is 354 g/mol. The van der Waals surface area contributed by atoms with Gasteiger partial charge in [-0.3, -0.25) is 4.98 Å². The molecule has 3 aromatic heterocycles. The first-order chi connectivity index (χ1) is 11.8. The van der Waals surface area contributed by atoms with Gasteiger partial charge >= 0.3 is 12.1 Å². The second kappa shape index (κ2) is 6.42. The van der Waals surface area contributed by atoms with Gasteiger partial charge in [-0.25, -0.2) is 14.4 Å². The maximum atomic E-state index is 12.9. The Morgan fingerprint density at radius 1 is 1.08 bits per heavy atom. The highest BCUT2D eigenvalue weighted by atomic mass is 19.4. The van der Waals surface area contributed by atoms with E-state index in [4.69, 9.17) is 0 Å². The number of halogens is 4. The van der Waals surface area contributed by atoms with E-state index in [9.17, 15) is 17.6 Å². The van der Waals surface area contributed by atoms with Gasteiger partial charge in [-0.2, -0.15) is 18.2 Å². The summed E-state index contributed by atoms with van der Waals surface area (Å²) in [6.45, 7) is 1.77. The van der Waals surface area contributed by atoms with Crippen LogP contribution in [0.4, 0.5) is 23.5 Å². The maximum Gasteiger partial charge on any atom is 0.471 e. The first-order valence-corrected chi connectivity index (χ1v) is 6.94. The molecule has 1 N–H and O–H groups in total. The van der Waals surface area contributed by atoms with Crippen LogP contribution in [0.5, 0.6) is 0 Å². The van der Waals surface area contributed by atoms with Gasteiger partial charge in [0.1, 0.15) is 5.82 Å². The summed E-state index contributed by atoms with van der Waals surface area (Å²) >= 11 is 0. The Bertz CT molecular complexity index is 847. The number of hydrogen-bond acceptors (Lipinski definition) is 7. The van der Waals surface area contributed by atoms with Gasteiger partial charge in [0, 0.05) is 12.4 Å². The second-order valence-electron chi connectivity index (χ2n) is 4.98. The van der Waals surface area contributed by atoms with Gasteiger partial charge in [0.05, 0.1) is 23.5 Å². The number of hydrogen-bond donors (Lipinski definition) is 1. The van der Waals surface area contributed by atoms with E-state index in [0.717, 1.165) is 6.20 Å². The summed E-state index contributed by atoms with van der Waals surface area (Å²) in [5.41, 5.74) is 0.736. The Balaban J connectivity index is 1.72. The lowest BCUT2D eigenvalue weighted by Gasteiger charge is -2.12. The van der Waals surface area contributed by atoms with E-state index >= 15 is 0 Å². The molecule has 0 spiro atoms. The normalized spacial score (nSPS) is 12.8. The number of anilines is 1. The Morgan fingerprint density at radius 3 is 2.36 bits per heavy atom. The van der Waals surface area contributed by atoms with E-state index in [1.54, 1.807) is 6.92 Å². The van der Waals surface area contributed by atoms with E-state index in [2.05, 4.69) is 34.9 Å². The van der Waals surface area contributed by atoms with Crippen LogP contribution in [0.2, 0.25) is 0 Å². The molecule has 1 unspecified atom stereocenters. The van der Waals surface area contributed by atoms with E-state index in [1.807, 2.05) is 0 Å². The SMILES string of the molecule is CC(Nc1ncc(-c2noc(C(F)(F)F)n2)cn1)c1ccc(F)cn1. The summed E-state index contributed by atoms with van der Waals surface area (Å²) in [6.07, 6.45) is -1.12. The first-order valence-electron chi connectivity index (χ1n) is 6.94. The molecule has 0 aliphatic heterocycles. The fraction of sp³-hybridized carbons (Fsp3) is 0.214. The van der Waals surface area contributed by atoms with Gasteiger partial charge < -0.3 is 9.84 Å². The van der Waals surface area contributed by atoms with Crippen molar-refractivity contribution >= 4 is 5.95 Å². The lowest BCUT2D eigenvalue weighted by molar-refractivity contribution is -0.159. The molecule has 25 heavy (non-hydrogen) atoms. The van der Waals surface area contributed by atoms with Crippen molar-refractivity contribution in [1.82, 2.24) is 25.1 Å². The van der Waals surface area contributed by atoms with E-state index < -0.39 is 17.9 Å². The predicted molar refractivity (Wildman–Crippen MR) is 76.6 cm³/mol. The lowest BCUT2D eigenvalue weighted by atomic mass is 10.2. The highest BCUT2D eigenvalue weighted by Gasteiger charge is 2.38. The molecular formula is C14H10F4N6O. The summed E-state index contributed by atoms with van der Waals surface area (Å²) in [6, 6.07) is 2.48. The molecule has 0 aliphatic rings. The summed E-state index contributed by atoms with van der Waals surface area (Å²) < 4.78 is 54.3. The van der Waals surface area contributed by atoms with Crippen molar-refractivity contribution in [2.75, 3.05) is 5.32 Å². The molecule has 7 nitrogen and oxygen atoms in total. The van der Waals surface area contributed by atoms with Crippen molar-refractivity contribution in [3.63, 3.8) is 0 Å². The molecule has 0 saturated carbocycles. The smallest absolute Gasteiger partial charge is 0.346 e. The summed E-state index contributed by atoms with van der Waals surface area (Å²) in [5, 5.41) is 6.18. The zero-order valence-electron chi connectivity index (χ0n) is 12.6. The zero-order valence-corrected chi connectivity index (χ0v) is 12.6. The molecule has 3 heterocycles. The van der Waals surface area contributed by atoms with E-state index in [1.165, 1.54) is 24.5 Å². The van der Waals surface area contributed by atoms with Crippen LogP contribution in [0, 0.1) is 5.82 Å². The monoisotopic (exact) mass is 354 g/mol. The summed E-state index contributed by atoms with van der Waals surface area (Å²) in [7, 11) is 0. The number of alkyl halides is 3. The Kier molecular flexibility index (Phi) is 4.30. The van der Waals surface area contributed by atoms with Crippen LogP contribution in [0.3, 0.4) is 0 Å². The number of rotatable bonds is 4. The van der Waals surface area contributed by atoms with E-state index in [0.29, 0.717) is 5.69 Å². The molecule has 0 aliphatic carbocycles. The number of aromatic nitrogens is 5. The maximum absolute atomic E-state index is 12.9. The third kappa shape index (κ3) is 3.87. The minimum atomic E-state index is -4.72. The molecule has 3 rings (SSSR count). The minimum Gasteiger partial charge on any atom is -0.346 e. The third-order valence-corrected chi connectivity index (χ3v) is 3.12. The van der Waals surface area contributed by atoms with Gasteiger partial charge in [-0.05, 0) is 19.1 Å². The van der Waals surface area contributed by atoms with Crippen LogP contribution in [-0.2, 0) is 6.18 Å². The predicted octanol–water partition coefficient (Wildman–Crippen LogP) is 3.25. The molecule has 130 valence electrons. The number of pyridine rings is 1. The van der Waals surface area contributed by atoms with Crippen LogP contribution in [-0.4, -0.2) is 25.1 Å². The van der Waals surface area contributed by atoms with E-state index in [-0.39, 0.29) is 23.4 Å². The van der Waals surface area contributed by atoms with Crippen molar-refractivity contribution < 1.29 is 22.1 Å². The average Bonchev–Trinajstić information content (AvgIpc) is 3.06. The molecule has 11 heteroatoms. The van der Waals surface area contributed by atoms with Crippen molar-refractivity contribution in [3.05, 3.63) is 48.1 Å². The Labute approximate surface area is 138 Å². The van der Waals surface area contributed by atoms with Crippen LogP contribution in [0.1, 0.15) is 24.6 Å². The number of nitrogens with zero attached hydrogens (tertiary/aromatic N) is 5. The molecular weight excluding hydrogens is 344 g/mol. The van der Waals surface area contributed by atoms with Gasteiger partial charge in [0.2, 0.25) is 11.8 Å². The molecule has 0 radical (unpaired) electrons. The van der Waals surface area contributed by atoms with Crippen LogP contribution >= 0.6 is 0 Å². The number of nitrogens with one attached hydrogen (secondary N) is 1. The van der Waals surface area contributed by atoms with Crippen LogP contribution < -0.4 is 5.32 Å². The fourth-order valence-electron chi connectivity index (χ4n) is 1.88. The summed E-state index contributed by atoms with van der Waals surface area (Å²) in [4.78, 5) is 15.1. The van der Waals surface area contributed by atoms with Crippen LogP contribution in [0.15, 0.2) is 35.2 Å². The Hall–Kier alpha value is -3.11. The van der Waals surface area contributed by atoms with Crippen LogP contribution in [0.25, 0.3) is 11.4 Å². The first kappa shape index (κ1) is 16.7. The van der Waals surface area contributed by atoms with Crippen molar-refractivity contribution in [1.29, 1.82) is 0 Å². The van der Waals surface area contributed by atoms with Crippen molar-refractivity contribution in [2.45, 2.75) is 19.1 Å². The fourth-order valence-corrected chi connectivity index (χ4v) is 1.88. The van der Waals surface area contributed by atoms with Gasteiger partial charge in [-0.1, -0.05) is 5.16 Å². The highest BCUT2D eigenvalue weighted by molar-refractivity contribution is 5.52. The molecule has 0 fully saturated rings. The quantitative estimate of drug-likeness (QED) is 0.719. The minimum absolute atomic E-state index is 0.164. The molecule has 0 bridgehead atoms. The molecule has 1 atom stereocenters. The molecule has 0 saturated heterocycles. The Morgan fingerprint density at radius 2 is 1.80 bits per heavy atom. The van der Waals surface area contributed by atoms with Crippen molar-refractivity contribution in [2.24, 2.45) is 0 Å². The third-order valence-electron chi connectivity index (χ3n) is 3.12. The highest BCUT2D eigenvalue weighted by Crippen LogP contribution is 2.29. The largest absolute Gasteiger partial charge is 0.471 e. The van der Waals surface area contributed by atoms with Gasteiger partial charge in [0.15, 0.2) is 0 Å². The van der Waals surface area contributed by atoms with Gasteiger partial charge in [-0.15, -0.1) is 0 Å². The summed E-state index contributed by atoms with van der Waals surface area (Å²) in [5.74, 6) is -1.95. The molecule has 3 aromatic rings. The second-order valence-corrected chi connectivity index (χ2v) is 4.98. The standard InChI is InChI=1S/C14H10F4N6O/c1-7(10-3-2-9(15)6-19-10)22-13-20-4-8(5-21-13)11-23-12(25-24-11)14(16,17)18/h2-7H,1H3,(H,20,21,22). The van der Waals surface area contributed by atoms with Crippen molar-refractivity contribution in [3.8, 4) is 11.4 Å².